The lowest BCUT2D eigenvalue weighted by molar-refractivity contribution is -0.122. The Morgan fingerprint density at radius 3 is 2.74 bits per heavy atom. The molecular formula is C14H23N3O3S3. The Morgan fingerprint density at radius 2 is 2.13 bits per heavy atom. The van der Waals surface area contributed by atoms with Crippen LogP contribution in [0.1, 0.15) is 18.7 Å². The second-order valence-electron chi connectivity index (χ2n) is 5.12. The van der Waals surface area contributed by atoms with Crippen LogP contribution in [0.3, 0.4) is 0 Å². The molecule has 6 nitrogen and oxygen atoms in total. The van der Waals surface area contributed by atoms with Crippen LogP contribution in [-0.2, 0) is 21.2 Å². The van der Waals surface area contributed by atoms with Crippen molar-refractivity contribution in [3.63, 3.8) is 0 Å². The van der Waals surface area contributed by atoms with E-state index >= 15 is 0 Å². The Labute approximate surface area is 146 Å². The number of sulfonamides is 1. The van der Waals surface area contributed by atoms with E-state index < -0.39 is 10.0 Å². The van der Waals surface area contributed by atoms with Crippen molar-refractivity contribution < 1.29 is 13.2 Å². The lowest BCUT2D eigenvalue weighted by atomic mass is 10.3. The fraction of sp³-hybridized carbons (Fsp3) is 0.643. The van der Waals surface area contributed by atoms with Gasteiger partial charge in [-0.3, -0.25) is 10.1 Å². The van der Waals surface area contributed by atoms with Crippen LogP contribution in [0.4, 0.5) is 0 Å². The Kier molecular flexibility index (Phi) is 6.90. The summed E-state index contributed by atoms with van der Waals surface area (Å²) >= 11 is 2.99. The molecule has 1 fully saturated rings. The van der Waals surface area contributed by atoms with Crippen molar-refractivity contribution in [2.75, 3.05) is 31.3 Å². The van der Waals surface area contributed by atoms with Crippen molar-refractivity contribution in [2.45, 2.75) is 30.5 Å². The van der Waals surface area contributed by atoms with Crippen molar-refractivity contribution >= 4 is 39.0 Å². The normalized spacial score (nSPS) is 18.5. The maximum atomic E-state index is 12.4. The molecule has 0 bridgehead atoms. The van der Waals surface area contributed by atoms with Gasteiger partial charge in [0.1, 0.15) is 4.21 Å². The maximum absolute atomic E-state index is 12.4. The lowest BCUT2D eigenvalue weighted by Gasteiger charge is -2.16. The molecule has 0 aromatic carbocycles. The molecule has 1 aromatic rings. The summed E-state index contributed by atoms with van der Waals surface area (Å²) < 4.78 is 26.7. The highest BCUT2D eigenvalue weighted by atomic mass is 32.2. The van der Waals surface area contributed by atoms with E-state index in [1.165, 1.54) is 15.6 Å². The zero-order chi connectivity index (χ0) is 16.9. The summed E-state index contributed by atoms with van der Waals surface area (Å²) in [4.78, 5) is 12.8. The second kappa shape index (κ2) is 8.48. The third kappa shape index (κ3) is 4.69. The van der Waals surface area contributed by atoms with Crippen LogP contribution < -0.4 is 10.6 Å². The average Bonchev–Trinajstić information content (AvgIpc) is 3.20. The minimum absolute atomic E-state index is 0.0162. The molecule has 130 valence electrons. The van der Waals surface area contributed by atoms with Gasteiger partial charge in [0, 0.05) is 36.1 Å². The first-order chi connectivity index (χ1) is 11.0. The number of hydrogen-bond acceptors (Lipinski definition) is 6. The van der Waals surface area contributed by atoms with Crippen LogP contribution in [0, 0.1) is 0 Å². The van der Waals surface area contributed by atoms with Crippen LogP contribution in [0.15, 0.2) is 16.3 Å². The summed E-state index contributed by atoms with van der Waals surface area (Å²) in [7, 11) is -3.38. The van der Waals surface area contributed by atoms with Crippen LogP contribution in [0.5, 0.6) is 0 Å². The predicted molar refractivity (Wildman–Crippen MR) is 95.4 cm³/mol. The molecule has 1 aliphatic rings. The van der Waals surface area contributed by atoms with E-state index in [1.54, 1.807) is 17.8 Å². The molecule has 0 radical (unpaired) electrons. The molecule has 2 rings (SSSR count). The van der Waals surface area contributed by atoms with E-state index in [-0.39, 0.29) is 11.9 Å². The van der Waals surface area contributed by atoms with Crippen molar-refractivity contribution in [2.24, 2.45) is 0 Å². The first-order valence-electron chi connectivity index (χ1n) is 7.66. The molecule has 2 heterocycles. The fourth-order valence-corrected chi connectivity index (χ4v) is 6.23. The third-order valence-corrected chi connectivity index (χ3v) is 8.24. The number of nitrogens with zero attached hydrogens (tertiary/aromatic N) is 1. The topological polar surface area (TPSA) is 78.5 Å². The van der Waals surface area contributed by atoms with Crippen LogP contribution in [-0.4, -0.2) is 55.9 Å². The van der Waals surface area contributed by atoms with Gasteiger partial charge in [-0.2, -0.15) is 4.31 Å². The molecule has 1 unspecified atom stereocenters. The Balaban J connectivity index is 1.88. The summed E-state index contributed by atoms with van der Waals surface area (Å²) in [5.74, 6) is 1.63. The number of carbonyl (C=O) groups is 1. The Bertz CT molecular complexity index is 620. The molecule has 1 aromatic heterocycles. The number of amides is 1. The van der Waals surface area contributed by atoms with Gasteiger partial charge < -0.3 is 5.32 Å². The predicted octanol–water partition coefficient (Wildman–Crippen LogP) is 1.10. The van der Waals surface area contributed by atoms with Gasteiger partial charge in [-0.15, -0.1) is 23.1 Å². The van der Waals surface area contributed by atoms with Gasteiger partial charge in [0.2, 0.25) is 5.91 Å². The van der Waals surface area contributed by atoms with Gasteiger partial charge >= 0.3 is 0 Å². The van der Waals surface area contributed by atoms with E-state index in [0.717, 1.165) is 16.5 Å². The third-order valence-electron chi connectivity index (χ3n) is 3.64. The number of thiophene rings is 1. The standard InChI is InChI=1S/C14H23N3O3S3/c1-3-17(4-2)23(19,20)13-6-5-11(22-13)7-8-15-14(18)12-9-21-10-16-12/h5-6,12,16H,3-4,7-10H2,1-2H3,(H,15,18). The maximum Gasteiger partial charge on any atom is 0.252 e. The van der Waals surface area contributed by atoms with Gasteiger partial charge in [-0.25, -0.2) is 8.42 Å². The molecular weight excluding hydrogens is 354 g/mol. The van der Waals surface area contributed by atoms with Gasteiger partial charge in [0.05, 0.1) is 6.04 Å². The smallest absolute Gasteiger partial charge is 0.252 e. The average molecular weight is 378 g/mol. The minimum Gasteiger partial charge on any atom is -0.354 e. The number of thioether (sulfide) groups is 1. The molecule has 0 aliphatic carbocycles. The molecule has 1 saturated heterocycles. The van der Waals surface area contributed by atoms with Crippen molar-refractivity contribution in [3.8, 4) is 0 Å². The summed E-state index contributed by atoms with van der Waals surface area (Å²) in [6, 6.07) is 3.38. The highest BCUT2D eigenvalue weighted by molar-refractivity contribution is 7.99. The Morgan fingerprint density at radius 1 is 1.39 bits per heavy atom. The molecule has 0 spiro atoms. The molecule has 9 heteroatoms. The number of carbonyl (C=O) groups excluding carboxylic acids is 1. The van der Waals surface area contributed by atoms with Crippen LogP contribution >= 0.6 is 23.1 Å². The monoisotopic (exact) mass is 377 g/mol. The summed E-state index contributed by atoms with van der Waals surface area (Å²) in [6.45, 7) is 5.12. The first-order valence-corrected chi connectivity index (χ1v) is 11.1. The number of hydrogen-bond donors (Lipinski definition) is 2. The van der Waals surface area contributed by atoms with Gasteiger partial charge in [0.25, 0.3) is 10.0 Å². The Hall–Kier alpha value is -0.610. The van der Waals surface area contributed by atoms with E-state index in [9.17, 15) is 13.2 Å². The van der Waals surface area contributed by atoms with Gasteiger partial charge in [0.15, 0.2) is 0 Å². The zero-order valence-electron chi connectivity index (χ0n) is 13.4. The molecule has 2 N–H and O–H groups in total. The molecule has 1 amide bonds. The summed E-state index contributed by atoms with van der Waals surface area (Å²) in [5, 5.41) is 6.02. The lowest BCUT2D eigenvalue weighted by Crippen LogP contribution is -2.42. The van der Waals surface area contributed by atoms with E-state index in [1.807, 2.05) is 19.9 Å². The second-order valence-corrected chi connectivity index (χ2v) is 9.49. The van der Waals surface area contributed by atoms with E-state index in [4.69, 9.17) is 0 Å². The van der Waals surface area contributed by atoms with Crippen LogP contribution in [0.25, 0.3) is 0 Å². The van der Waals surface area contributed by atoms with Crippen molar-refractivity contribution in [1.82, 2.24) is 14.9 Å². The zero-order valence-corrected chi connectivity index (χ0v) is 15.8. The van der Waals surface area contributed by atoms with Crippen molar-refractivity contribution in [3.05, 3.63) is 17.0 Å². The minimum atomic E-state index is -3.38. The van der Waals surface area contributed by atoms with E-state index in [2.05, 4.69) is 10.6 Å². The highest BCUT2D eigenvalue weighted by Crippen LogP contribution is 2.25. The number of nitrogens with one attached hydrogen (secondary N) is 2. The van der Waals surface area contributed by atoms with Gasteiger partial charge in [-0.1, -0.05) is 13.8 Å². The van der Waals surface area contributed by atoms with Crippen LogP contribution in [0.2, 0.25) is 0 Å². The van der Waals surface area contributed by atoms with Gasteiger partial charge in [-0.05, 0) is 18.6 Å². The molecule has 23 heavy (non-hydrogen) atoms. The largest absolute Gasteiger partial charge is 0.354 e. The highest BCUT2D eigenvalue weighted by Gasteiger charge is 2.24. The van der Waals surface area contributed by atoms with Crippen molar-refractivity contribution in [1.29, 1.82) is 0 Å². The first kappa shape index (κ1) is 18.7. The SMILES string of the molecule is CCN(CC)S(=O)(=O)c1ccc(CCNC(=O)C2CSCN2)s1. The van der Waals surface area contributed by atoms with E-state index in [0.29, 0.717) is 30.3 Å². The molecule has 1 aliphatic heterocycles. The number of rotatable bonds is 8. The summed E-state index contributed by atoms with van der Waals surface area (Å²) in [5.41, 5.74) is 0. The summed E-state index contributed by atoms with van der Waals surface area (Å²) in [6.07, 6.45) is 0.643. The molecule has 1 atom stereocenters. The molecule has 0 saturated carbocycles. The quantitative estimate of drug-likeness (QED) is 0.709. The fourth-order valence-electron chi connectivity index (χ4n) is 2.32.